The number of rotatable bonds is 4. The molecule has 156 valence electrons. The molecule has 29 heavy (non-hydrogen) atoms. The Morgan fingerprint density at radius 2 is 2.00 bits per heavy atom. The third kappa shape index (κ3) is 5.30. The molecule has 1 atom stereocenters. The minimum absolute atomic E-state index is 0. The maximum absolute atomic E-state index is 6.21. The fourth-order valence-corrected chi connectivity index (χ4v) is 3.74. The van der Waals surface area contributed by atoms with Crippen LogP contribution in [-0.4, -0.2) is 55.7 Å². The van der Waals surface area contributed by atoms with Crippen LogP contribution in [0.3, 0.4) is 0 Å². The van der Waals surface area contributed by atoms with E-state index in [0.717, 1.165) is 55.3 Å². The van der Waals surface area contributed by atoms with Gasteiger partial charge in [-0.2, -0.15) is 0 Å². The van der Waals surface area contributed by atoms with E-state index in [0.29, 0.717) is 19.1 Å². The van der Waals surface area contributed by atoms with Gasteiger partial charge in [0, 0.05) is 49.9 Å². The topological polar surface area (TPSA) is 79.0 Å². The molecule has 1 saturated heterocycles. The number of nitrogens with one attached hydrogen (secondary N) is 1. The van der Waals surface area contributed by atoms with E-state index in [1.165, 1.54) is 0 Å². The summed E-state index contributed by atoms with van der Waals surface area (Å²) < 4.78 is 5.72. The number of nitrogens with two attached hydrogens (primary N) is 1. The van der Waals surface area contributed by atoms with E-state index in [-0.39, 0.29) is 30.0 Å². The second-order valence-electron chi connectivity index (χ2n) is 7.35. The highest BCUT2D eigenvalue weighted by Gasteiger charge is 2.21. The smallest absolute Gasteiger partial charge is 0.189 e. The van der Waals surface area contributed by atoms with Gasteiger partial charge in [0.05, 0.1) is 19.2 Å². The first kappa shape index (κ1) is 21.6. The van der Waals surface area contributed by atoms with Gasteiger partial charge in [-0.3, -0.25) is 0 Å². The highest BCUT2D eigenvalue weighted by Crippen LogP contribution is 2.31. The molecule has 7 nitrogen and oxygen atoms in total. The van der Waals surface area contributed by atoms with Crippen LogP contribution in [0.25, 0.3) is 0 Å². The van der Waals surface area contributed by atoms with E-state index in [2.05, 4.69) is 44.3 Å². The van der Waals surface area contributed by atoms with Gasteiger partial charge in [-0.15, -0.1) is 24.0 Å². The Kier molecular flexibility index (Phi) is 7.54. The second kappa shape index (κ2) is 10.1. The van der Waals surface area contributed by atoms with E-state index in [1.807, 2.05) is 30.5 Å². The number of aliphatic imine (C=N–C) groups is 1. The first-order valence-electron chi connectivity index (χ1n) is 9.86. The molecular formula is C21H29IN6O. The van der Waals surface area contributed by atoms with Gasteiger partial charge in [-0.05, 0) is 19.2 Å². The summed E-state index contributed by atoms with van der Waals surface area (Å²) in [6.45, 7) is 5.25. The Balaban J connectivity index is 0.00000240. The second-order valence-corrected chi connectivity index (χ2v) is 7.35. The number of aromatic nitrogens is 1. The van der Waals surface area contributed by atoms with Crippen LogP contribution in [0, 0.1) is 0 Å². The summed E-state index contributed by atoms with van der Waals surface area (Å²) in [5, 5.41) is 3.36. The third-order valence-electron chi connectivity index (χ3n) is 5.37. The Morgan fingerprint density at radius 1 is 1.21 bits per heavy atom. The fraction of sp³-hybridized carbons (Fsp3) is 0.429. The highest BCUT2D eigenvalue weighted by atomic mass is 127. The minimum atomic E-state index is 0. The predicted octanol–water partition coefficient (Wildman–Crippen LogP) is 2.38. The number of likely N-dealkylation sites (N-methyl/N-ethyl adjacent to an activating group) is 1. The molecule has 0 bridgehead atoms. The summed E-state index contributed by atoms with van der Waals surface area (Å²) in [7, 11) is 2.15. The van der Waals surface area contributed by atoms with E-state index in [4.69, 9.17) is 10.5 Å². The zero-order valence-electron chi connectivity index (χ0n) is 16.8. The maximum Gasteiger partial charge on any atom is 0.189 e. The number of piperazine rings is 1. The van der Waals surface area contributed by atoms with Crippen molar-refractivity contribution in [2.24, 2.45) is 10.7 Å². The van der Waals surface area contributed by atoms with Crippen LogP contribution in [0.4, 0.5) is 5.82 Å². The quantitative estimate of drug-likeness (QED) is 0.375. The Morgan fingerprint density at radius 3 is 2.83 bits per heavy atom. The van der Waals surface area contributed by atoms with Crippen molar-refractivity contribution in [3.63, 3.8) is 0 Å². The summed E-state index contributed by atoms with van der Waals surface area (Å²) in [4.78, 5) is 13.9. The van der Waals surface area contributed by atoms with Crippen molar-refractivity contribution in [1.29, 1.82) is 0 Å². The number of hydrogen-bond donors (Lipinski definition) is 2. The van der Waals surface area contributed by atoms with Crippen molar-refractivity contribution >= 4 is 35.8 Å². The number of hydrogen-bond acceptors (Lipinski definition) is 5. The molecule has 2 aromatic rings. The first-order chi connectivity index (χ1) is 13.7. The fourth-order valence-electron chi connectivity index (χ4n) is 3.74. The van der Waals surface area contributed by atoms with Crippen molar-refractivity contribution < 1.29 is 4.74 Å². The summed E-state index contributed by atoms with van der Waals surface area (Å²) in [5.74, 6) is 2.39. The molecule has 1 fully saturated rings. The van der Waals surface area contributed by atoms with Gasteiger partial charge < -0.3 is 25.6 Å². The number of anilines is 1. The van der Waals surface area contributed by atoms with Crippen LogP contribution in [0.5, 0.6) is 5.75 Å². The van der Waals surface area contributed by atoms with E-state index in [9.17, 15) is 0 Å². The zero-order chi connectivity index (χ0) is 19.3. The standard InChI is InChI=1S/C21H28N6O.HI/c1-26-10-12-27(13-11-26)20-16(5-4-9-23-20)15-24-21(22)25-18-8-14-28-19-7-3-2-6-17(18)19;/h2-7,9,18H,8,10-15H2,1H3,(H3,22,24,25);1H. The Hall–Kier alpha value is -2.07. The number of fused-ring (bicyclic) bond motifs is 1. The zero-order valence-corrected chi connectivity index (χ0v) is 19.1. The number of halogens is 1. The maximum atomic E-state index is 6.21. The van der Waals surface area contributed by atoms with Gasteiger partial charge in [0.2, 0.25) is 0 Å². The van der Waals surface area contributed by atoms with Crippen LogP contribution in [0.1, 0.15) is 23.6 Å². The molecule has 0 amide bonds. The number of benzene rings is 1. The molecule has 3 heterocycles. The first-order valence-corrected chi connectivity index (χ1v) is 9.86. The van der Waals surface area contributed by atoms with Crippen molar-refractivity contribution in [1.82, 2.24) is 15.2 Å². The van der Waals surface area contributed by atoms with Crippen molar-refractivity contribution in [2.75, 3.05) is 44.7 Å². The lowest BCUT2D eigenvalue weighted by Crippen LogP contribution is -2.45. The monoisotopic (exact) mass is 508 g/mol. The molecule has 0 spiro atoms. The summed E-state index contributed by atoms with van der Waals surface area (Å²) >= 11 is 0. The van der Waals surface area contributed by atoms with E-state index >= 15 is 0 Å². The molecule has 0 saturated carbocycles. The van der Waals surface area contributed by atoms with E-state index < -0.39 is 0 Å². The van der Waals surface area contributed by atoms with Gasteiger partial charge in [-0.25, -0.2) is 9.98 Å². The van der Waals surface area contributed by atoms with E-state index in [1.54, 1.807) is 0 Å². The molecule has 1 unspecified atom stereocenters. The predicted molar refractivity (Wildman–Crippen MR) is 127 cm³/mol. The molecule has 1 aromatic heterocycles. The Bertz CT molecular complexity index is 837. The highest BCUT2D eigenvalue weighted by molar-refractivity contribution is 14.0. The normalized spacial score (nSPS) is 19.7. The average molecular weight is 508 g/mol. The third-order valence-corrected chi connectivity index (χ3v) is 5.37. The molecule has 3 N–H and O–H groups in total. The molecule has 2 aliphatic rings. The van der Waals surface area contributed by atoms with Gasteiger partial charge in [0.15, 0.2) is 5.96 Å². The largest absolute Gasteiger partial charge is 0.493 e. The summed E-state index contributed by atoms with van der Waals surface area (Å²) in [6.07, 6.45) is 2.72. The van der Waals surface area contributed by atoms with Gasteiger partial charge >= 0.3 is 0 Å². The van der Waals surface area contributed by atoms with Crippen LogP contribution in [0.2, 0.25) is 0 Å². The number of para-hydroxylation sites is 1. The summed E-state index contributed by atoms with van der Waals surface area (Å²) in [5.41, 5.74) is 8.45. The molecule has 1 aromatic carbocycles. The van der Waals surface area contributed by atoms with Gasteiger partial charge in [-0.1, -0.05) is 24.3 Å². The minimum Gasteiger partial charge on any atom is -0.493 e. The van der Waals surface area contributed by atoms with Gasteiger partial charge in [0.1, 0.15) is 11.6 Å². The van der Waals surface area contributed by atoms with Crippen molar-refractivity contribution in [3.8, 4) is 5.75 Å². The molecule has 4 rings (SSSR count). The van der Waals surface area contributed by atoms with Crippen LogP contribution in [0.15, 0.2) is 47.6 Å². The lowest BCUT2D eigenvalue weighted by Gasteiger charge is -2.34. The molecule has 8 heteroatoms. The molecular weight excluding hydrogens is 479 g/mol. The molecule has 0 radical (unpaired) electrons. The number of nitrogens with zero attached hydrogens (tertiary/aromatic N) is 4. The van der Waals surface area contributed by atoms with Crippen LogP contribution < -0.4 is 20.7 Å². The molecule has 2 aliphatic heterocycles. The lowest BCUT2D eigenvalue weighted by molar-refractivity contribution is 0.262. The van der Waals surface area contributed by atoms with Crippen LogP contribution >= 0.6 is 24.0 Å². The van der Waals surface area contributed by atoms with Gasteiger partial charge in [0.25, 0.3) is 0 Å². The number of guanidine groups is 1. The molecule has 0 aliphatic carbocycles. The van der Waals surface area contributed by atoms with Crippen molar-refractivity contribution in [2.45, 2.75) is 19.0 Å². The lowest BCUT2D eigenvalue weighted by atomic mass is 10.0. The summed E-state index contributed by atoms with van der Waals surface area (Å²) in [6, 6.07) is 12.2. The van der Waals surface area contributed by atoms with Crippen molar-refractivity contribution in [3.05, 3.63) is 53.7 Å². The average Bonchev–Trinajstić information content (AvgIpc) is 2.73. The Labute approximate surface area is 189 Å². The number of pyridine rings is 1. The SMILES string of the molecule is CN1CCN(c2ncccc2CN=C(N)NC2CCOc3ccccc32)CC1.I. The van der Waals surface area contributed by atoms with Crippen LogP contribution in [-0.2, 0) is 6.54 Å². The number of ether oxygens (including phenoxy) is 1.